The van der Waals surface area contributed by atoms with Gasteiger partial charge in [0.2, 0.25) is 6.10 Å². The van der Waals surface area contributed by atoms with Crippen LogP contribution in [0.3, 0.4) is 0 Å². The number of carboxylic acids is 1. The van der Waals surface area contributed by atoms with E-state index in [1.165, 1.54) is 0 Å². The van der Waals surface area contributed by atoms with Gasteiger partial charge in [-0.25, -0.2) is 4.79 Å². The van der Waals surface area contributed by atoms with Crippen molar-refractivity contribution < 1.29 is 24.2 Å². The van der Waals surface area contributed by atoms with Crippen molar-refractivity contribution in [3.8, 4) is 0 Å². The predicted octanol–water partition coefficient (Wildman–Crippen LogP) is 3.14. The summed E-state index contributed by atoms with van der Waals surface area (Å²) in [4.78, 5) is 35.2. The quantitative estimate of drug-likeness (QED) is 0.525. The van der Waals surface area contributed by atoms with Crippen molar-refractivity contribution in [2.75, 3.05) is 0 Å². The largest absolute Gasteiger partial charge is 0.478 e. The molecule has 0 aromatic heterocycles. The zero-order valence-electron chi connectivity index (χ0n) is 14.2. The molecule has 2 aromatic rings. The van der Waals surface area contributed by atoms with Crippen LogP contribution in [0.4, 0.5) is 0 Å². The number of Topliss-reactive ketones (excluding diaryl/α,β-unsaturated/α-hetero) is 1. The van der Waals surface area contributed by atoms with Crippen LogP contribution >= 0.6 is 0 Å². The zero-order chi connectivity index (χ0) is 18.9. The van der Waals surface area contributed by atoms with Crippen LogP contribution < -0.4 is 0 Å². The topological polar surface area (TPSA) is 80.7 Å². The molecule has 0 aliphatic rings. The first-order chi connectivity index (χ1) is 12.5. The number of ether oxygens (including phenoxy) is 1. The first-order valence-corrected chi connectivity index (χ1v) is 8.16. The number of carbonyl (C=O) groups excluding carboxylic acids is 2. The Hall–Kier alpha value is -3.21. The molecule has 2 aromatic carbocycles. The van der Waals surface area contributed by atoms with Gasteiger partial charge in [0.15, 0.2) is 0 Å². The summed E-state index contributed by atoms with van der Waals surface area (Å²) in [5, 5.41) is 9.44. The third kappa shape index (κ3) is 5.41. The van der Waals surface area contributed by atoms with Crippen LogP contribution in [0.5, 0.6) is 0 Å². The molecule has 1 N–H and O–H groups in total. The SMILES string of the molecule is C=C(OC(C(=O)O)C(C=O)CC(=O)Cc1ccccc1)c1ccccc1. The van der Waals surface area contributed by atoms with Gasteiger partial charge in [0.25, 0.3) is 0 Å². The number of rotatable bonds is 10. The molecule has 5 nitrogen and oxygen atoms in total. The zero-order valence-corrected chi connectivity index (χ0v) is 14.2. The van der Waals surface area contributed by atoms with E-state index in [1.54, 1.807) is 36.4 Å². The molecule has 0 spiro atoms. The monoisotopic (exact) mass is 352 g/mol. The lowest BCUT2D eigenvalue weighted by Gasteiger charge is -2.21. The summed E-state index contributed by atoms with van der Waals surface area (Å²) in [5.74, 6) is -2.50. The lowest BCUT2D eigenvalue weighted by Crippen LogP contribution is -2.34. The Labute approximate surface area is 151 Å². The van der Waals surface area contributed by atoms with Crippen LogP contribution in [-0.2, 0) is 25.5 Å². The Morgan fingerprint density at radius 1 is 1.04 bits per heavy atom. The first kappa shape index (κ1) is 19.1. The minimum Gasteiger partial charge on any atom is -0.478 e. The molecule has 0 saturated heterocycles. The molecule has 0 aliphatic carbocycles. The van der Waals surface area contributed by atoms with Gasteiger partial charge in [-0.15, -0.1) is 0 Å². The van der Waals surface area contributed by atoms with Crippen LogP contribution in [0.25, 0.3) is 5.76 Å². The summed E-state index contributed by atoms with van der Waals surface area (Å²) in [7, 11) is 0. The number of aldehydes is 1. The molecule has 0 fully saturated rings. The van der Waals surface area contributed by atoms with Crippen molar-refractivity contribution in [2.45, 2.75) is 18.9 Å². The summed E-state index contributed by atoms with van der Waals surface area (Å²) in [6.07, 6.45) is -1.09. The highest BCUT2D eigenvalue weighted by molar-refractivity contribution is 5.86. The number of ketones is 1. The molecule has 2 unspecified atom stereocenters. The second-order valence-electron chi connectivity index (χ2n) is 5.87. The van der Waals surface area contributed by atoms with Gasteiger partial charge in [-0.05, 0) is 5.56 Å². The highest BCUT2D eigenvalue weighted by Crippen LogP contribution is 2.21. The highest BCUT2D eigenvalue weighted by atomic mass is 16.5. The molecular formula is C21H20O5. The van der Waals surface area contributed by atoms with E-state index in [0.29, 0.717) is 11.8 Å². The highest BCUT2D eigenvalue weighted by Gasteiger charge is 2.32. The number of aliphatic carboxylic acids is 1. The molecule has 0 heterocycles. The Morgan fingerprint density at radius 2 is 1.62 bits per heavy atom. The van der Waals surface area contributed by atoms with Gasteiger partial charge in [-0.2, -0.15) is 0 Å². The Bertz CT molecular complexity index is 768. The number of carboxylic acid groups (broad SMARTS) is 1. The Balaban J connectivity index is 2.05. The summed E-state index contributed by atoms with van der Waals surface area (Å²) in [5.41, 5.74) is 1.42. The fourth-order valence-corrected chi connectivity index (χ4v) is 2.55. The molecule has 5 heteroatoms. The summed E-state index contributed by atoms with van der Waals surface area (Å²) in [6, 6.07) is 17.8. The lowest BCUT2D eigenvalue weighted by atomic mass is 9.94. The standard InChI is InChI=1S/C21H20O5/c1-15(17-10-6-3-7-11-17)26-20(21(24)25)18(14-22)13-19(23)12-16-8-4-2-5-9-16/h2-11,14,18,20H,1,12-13H2,(H,24,25). The van der Waals surface area contributed by atoms with Gasteiger partial charge in [-0.3, -0.25) is 4.79 Å². The lowest BCUT2D eigenvalue weighted by molar-refractivity contribution is -0.151. The molecule has 0 saturated carbocycles. The maximum absolute atomic E-state index is 12.2. The van der Waals surface area contributed by atoms with Crippen LogP contribution in [0.15, 0.2) is 67.2 Å². The Morgan fingerprint density at radius 3 is 2.15 bits per heavy atom. The number of benzene rings is 2. The minimum atomic E-state index is -1.47. The maximum atomic E-state index is 12.2. The number of carbonyl (C=O) groups is 3. The van der Waals surface area contributed by atoms with Gasteiger partial charge in [-0.1, -0.05) is 67.2 Å². The summed E-state index contributed by atoms with van der Waals surface area (Å²) in [6.45, 7) is 3.72. The normalized spacial score (nSPS) is 12.6. The average molecular weight is 352 g/mol. The third-order valence-corrected chi connectivity index (χ3v) is 3.88. The fraction of sp³-hybridized carbons (Fsp3) is 0.190. The van der Waals surface area contributed by atoms with E-state index in [1.807, 2.05) is 24.3 Å². The predicted molar refractivity (Wildman–Crippen MR) is 97.3 cm³/mol. The van der Waals surface area contributed by atoms with Crippen molar-refractivity contribution in [3.63, 3.8) is 0 Å². The van der Waals surface area contributed by atoms with Crippen molar-refractivity contribution in [1.82, 2.24) is 0 Å². The van der Waals surface area contributed by atoms with E-state index in [9.17, 15) is 19.5 Å². The van der Waals surface area contributed by atoms with Crippen molar-refractivity contribution >= 4 is 23.8 Å². The minimum absolute atomic E-state index is 0.136. The van der Waals surface area contributed by atoms with Crippen LogP contribution in [0.1, 0.15) is 17.5 Å². The molecule has 26 heavy (non-hydrogen) atoms. The van der Waals surface area contributed by atoms with Gasteiger partial charge in [0.1, 0.15) is 17.8 Å². The molecule has 2 rings (SSSR count). The van der Waals surface area contributed by atoms with Crippen LogP contribution in [0.2, 0.25) is 0 Å². The summed E-state index contributed by atoms with van der Waals surface area (Å²) < 4.78 is 5.42. The molecule has 0 bridgehead atoms. The summed E-state index contributed by atoms with van der Waals surface area (Å²) >= 11 is 0. The number of hydrogen-bond acceptors (Lipinski definition) is 4. The second-order valence-corrected chi connectivity index (χ2v) is 5.87. The third-order valence-electron chi connectivity index (χ3n) is 3.88. The molecule has 0 aliphatic heterocycles. The first-order valence-electron chi connectivity index (χ1n) is 8.16. The molecule has 2 atom stereocenters. The molecule has 134 valence electrons. The van der Waals surface area contributed by atoms with Gasteiger partial charge >= 0.3 is 5.97 Å². The molecule has 0 amide bonds. The van der Waals surface area contributed by atoms with Crippen LogP contribution in [-0.4, -0.2) is 29.2 Å². The van der Waals surface area contributed by atoms with Crippen molar-refractivity contribution in [3.05, 3.63) is 78.4 Å². The van der Waals surface area contributed by atoms with E-state index in [0.717, 1.165) is 5.56 Å². The van der Waals surface area contributed by atoms with Gasteiger partial charge in [0.05, 0.1) is 5.92 Å². The number of hydrogen-bond donors (Lipinski definition) is 1. The van der Waals surface area contributed by atoms with Gasteiger partial charge in [0, 0.05) is 18.4 Å². The van der Waals surface area contributed by atoms with Gasteiger partial charge < -0.3 is 14.6 Å². The smallest absolute Gasteiger partial charge is 0.345 e. The van der Waals surface area contributed by atoms with E-state index in [-0.39, 0.29) is 24.4 Å². The fourth-order valence-electron chi connectivity index (χ4n) is 2.55. The maximum Gasteiger partial charge on any atom is 0.345 e. The van der Waals surface area contributed by atoms with Crippen molar-refractivity contribution in [1.29, 1.82) is 0 Å². The average Bonchev–Trinajstić information content (AvgIpc) is 2.65. The van der Waals surface area contributed by atoms with Crippen LogP contribution in [0, 0.1) is 5.92 Å². The van der Waals surface area contributed by atoms with E-state index in [4.69, 9.17) is 4.74 Å². The molecule has 0 radical (unpaired) electrons. The van der Waals surface area contributed by atoms with E-state index in [2.05, 4.69) is 6.58 Å². The van der Waals surface area contributed by atoms with E-state index < -0.39 is 18.0 Å². The molecular weight excluding hydrogens is 332 g/mol. The van der Waals surface area contributed by atoms with E-state index >= 15 is 0 Å². The second kappa shape index (κ2) is 9.32. The van der Waals surface area contributed by atoms with Crippen molar-refractivity contribution in [2.24, 2.45) is 5.92 Å². The Kier molecular flexibility index (Phi) is 6.85.